The van der Waals surface area contributed by atoms with Gasteiger partial charge in [-0.05, 0) is 17.9 Å². The van der Waals surface area contributed by atoms with Crippen LogP contribution in [0.15, 0.2) is 35.3 Å². The van der Waals surface area contributed by atoms with Crippen LogP contribution in [-0.4, -0.2) is 36.1 Å². The minimum Gasteiger partial charge on any atom is -0.356 e. The third kappa shape index (κ3) is 10.2. The number of aliphatic imine (C=N–C) groups is 1. The summed E-state index contributed by atoms with van der Waals surface area (Å²) >= 11 is 0. The van der Waals surface area contributed by atoms with E-state index in [0.29, 0.717) is 24.0 Å². The van der Waals surface area contributed by atoms with Crippen molar-refractivity contribution in [3.05, 3.63) is 35.9 Å². The molecule has 2 N–H and O–H groups in total. The number of guanidine groups is 1. The molecule has 4 nitrogen and oxygen atoms in total. The van der Waals surface area contributed by atoms with Gasteiger partial charge in [-0.25, -0.2) is 0 Å². The van der Waals surface area contributed by atoms with Gasteiger partial charge >= 0.3 is 0 Å². The quantitative estimate of drug-likeness (QED) is 0.374. The summed E-state index contributed by atoms with van der Waals surface area (Å²) in [4.78, 5) is 4.16. The van der Waals surface area contributed by atoms with Crippen LogP contribution in [0.5, 0.6) is 0 Å². The third-order valence-electron chi connectivity index (χ3n) is 3.03. The molecule has 126 valence electrons. The number of rotatable bonds is 8. The minimum absolute atomic E-state index is 0. The fourth-order valence-corrected chi connectivity index (χ4v) is 2.85. The summed E-state index contributed by atoms with van der Waals surface area (Å²) < 4.78 is 12.0. The molecule has 0 aliphatic carbocycles. The highest BCUT2D eigenvalue weighted by Crippen LogP contribution is 2.02. The molecule has 22 heavy (non-hydrogen) atoms. The van der Waals surface area contributed by atoms with E-state index in [2.05, 4.69) is 29.5 Å². The smallest absolute Gasteiger partial charge is 0.191 e. The topological polar surface area (TPSA) is 53.5 Å². The van der Waals surface area contributed by atoms with E-state index in [9.17, 15) is 4.21 Å². The zero-order chi connectivity index (χ0) is 15.5. The minimum atomic E-state index is -0.848. The molecule has 1 aromatic carbocycles. The third-order valence-corrected chi connectivity index (χ3v) is 4.35. The summed E-state index contributed by atoms with van der Waals surface area (Å²) in [6.07, 6.45) is 1.11. The van der Waals surface area contributed by atoms with Gasteiger partial charge in [0.1, 0.15) is 0 Å². The first-order valence-electron chi connectivity index (χ1n) is 7.45. The van der Waals surface area contributed by atoms with E-state index in [0.717, 1.165) is 24.5 Å². The molecule has 0 saturated heterocycles. The number of benzene rings is 1. The molecule has 1 unspecified atom stereocenters. The van der Waals surface area contributed by atoms with E-state index in [1.54, 1.807) is 7.05 Å². The van der Waals surface area contributed by atoms with Crippen molar-refractivity contribution in [2.24, 2.45) is 10.9 Å². The van der Waals surface area contributed by atoms with Crippen molar-refractivity contribution in [3.63, 3.8) is 0 Å². The summed E-state index contributed by atoms with van der Waals surface area (Å²) in [6, 6.07) is 9.95. The van der Waals surface area contributed by atoms with Gasteiger partial charge in [-0.15, -0.1) is 24.0 Å². The molecule has 6 heteroatoms. The Bertz CT molecular complexity index is 452. The molecule has 1 atom stereocenters. The van der Waals surface area contributed by atoms with Crippen LogP contribution in [-0.2, 0) is 16.6 Å². The number of nitrogens with one attached hydrogen (secondary N) is 2. The molecule has 0 saturated carbocycles. The van der Waals surface area contributed by atoms with Crippen LogP contribution >= 0.6 is 24.0 Å². The fraction of sp³-hybridized carbons (Fsp3) is 0.562. The van der Waals surface area contributed by atoms with Crippen molar-refractivity contribution in [2.75, 3.05) is 25.9 Å². The predicted octanol–water partition coefficient (Wildman–Crippen LogP) is 2.76. The van der Waals surface area contributed by atoms with Crippen molar-refractivity contribution in [3.8, 4) is 0 Å². The summed E-state index contributed by atoms with van der Waals surface area (Å²) in [6.45, 7) is 5.97. The monoisotopic (exact) mass is 437 g/mol. The molecular weight excluding hydrogens is 409 g/mol. The molecule has 0 aliphatic rings. The Labute approximate surface area is 154 Å². The largest absolute Gasteiger partial charge is 0.356 e. The lowest BCUT2D eigenvalue weighted by molar-refractivity contribution is 0.574. The molecule has 1 aromatic rings. The summed E-state index contributed by atoms with van der Waals surface area (Å²) in [5.41, 5.74) is 1.12. The average Bonchev–Trinajstić information content (AvgIpc) is 2.46. The zero-order valence-electron chi connectivity index (χ0n) is 13.7. The molecule has 0 aromatic heterocycles. The van der Waals surface area contributed by atoms with Crippen LogP contribution < -0.4 is 10.6 Å². The molecule has 1 rings (SSSR count). The molecule has 0 amide bonds. The first-order chi connectivity index (χ1) is 10.1. The predicted molar refractivity (Wildman–Crippen MR) is 107 cm³/mol. The maximum atomic E-state index is 12.0. The molecule has 0 aliphatic heterocycles. The Morgan fingerprint density at radius 2 is 1.82 bits per heavy atom. The number of halogens is 1. The van der Waals surface area contributed by atoms with Crippen molar-refractivity contribution in [1.29, 1.82) is 0 Å². The molecule has 0 bridgehead atoms. The average molecular weight is 437 g/mol. The van der Waals surface area contributed by atoms with Gasteiger partial charge in [0.15, 0.2) is 5.96 Å². The summed E-state index contributed by atoms with van der Waals surface area (Å²) in [5, 5.41) is 6.47. The fourth-order valence-electron chi connectivity index (χ4n) is 1.82. The highest BCUT2D eigenvalue weighted by molar-refractivity contribution is 14.0. The van der Waals surface area contributed by atoms with Gasteiger partial charge in [0, 0.05) is 42.4 Å². The number of hydrogen-bond donors (Lipinski definition) is 2. The van der Waals surface area contributed by atoms with Crippen LogP contribution in [0.25, 0.3) is 0 Å². The lowest BCUT2D eigenvalue weighted by Gasteiger charge is -2.12. The first kappa shape index (κ1) is 21.4. The van der Waals surface area contributed by atoms with E-state index in [1.165, 1.54) is 0 Å². The second kappa shape index (κ2) is 12.9. The summed E-state index contributed by atoms with van der Waals surface area (Å²) in [5.74, 6) is 2.70. The highest BCUT2D eigenvalue weighted by Gasteiger charge is 2.03. The van der Waals surface area contributed by atoms with Gasteiger partial charge in [0.25, 0.3) is 0 Å². The van der Waals surface area contributed by atoms with Gasteiger partial charge < -0.3 is 10.6 Å². The second-order valence-corrected chi connectivity index (χ2v) is 6.96. The van der Waals surface area contributed by atoms with Crippen LogP contribution in [0.3, 0.4) is 0 Å². The number of hydrogen-bond acceptors (Lipinski definition) is 2. The Balaban J connectivity index is 0.00000441. The maximum Gasteiger partial charge on any atom is 0.191 e. The Morgan fingerprint density at radius 3 is 2.41 bits per heavy atom. The van der Waals surface area contributed by atoms with Crippen LogP contribution in [0.2, 0.25) is 0 Å². The standard InChI is InChI=1S/C16H27N3OS.HI/c1-14(2)9-10-18-16(17-3)19-11-12-21(20)13-15-7-5-4-6-8-15;/h4-8,14H,9-13H2,1-3H3,(H2,17,18,19);1H. The molecule has 0 spiro atoms. The maximum absolute atomic E-state index is 12.0. The van der Waals surface area contributed by atoms with E-state index in [4.69, 9.17) is 0 Å². The number of nitrogens with zero attached hydrogens (tertiary/aromatic N) is 1. The van der Waals surface area contributed by atoms with Crippen molar-refractivity contribution in [1.82, 2.24) is 10.6 Å². The van der Waals surface area contributed by atoms with Crippen molar-refractivity contribution >= 4 is 40.7 Å². The normalized spacial score (nSPS) is 12.6. The van der Waals surface area contributed by atoms with Gasteiger partial charge in [-0.3, -0.25) is 9.20 Å². The highest BCUT2D eigenvalue weighted by atomic mass is 127. The van der Waals surface area contributed by atoms with Crippen molar-refractivity contribution in [2.45, 2.75) is 26.0 Å². The lowest BCUT2D eigenvalue weighted by Crippen LogP contribution is -2.39. The van der Waals surface area contributed by atoms with E-state index < -0.39 is 10.8 Å². The zero-order valence-corrected chi connectivity index (χ0v) is 16.8. The van der Waals surface area contributed by atoms with Gasteiger partial charge in [0.05, 0.1) is 0 Å². The first-order valence-corrected chi connectivity index (χ1v) is 8.94. The van der Waals surface area contributed by atoms with Gasteiger partial charge in [-0.2, -0.15) is 0 Å². The van der Waals surface area contributed by atoms with Crippen molar-refractivity contribution < 1.29 is 4.21 Å². The Kier molecular flexibility index (Phi) is 12.5. The van der Waals surface area contributed by atoms with Gasteiger partial charge in [-0.1, -0.05) is 44.2 Å². The second-order valence-electron chi connectivity index (χ2n) is 5.38. The van der Waals surface area contributed by atoms with Gasteiger partial charge in [0.2, 0.25) is 0 Å². The Morgan fingerprint density at radius 1 is 1.18 bits per heavy atom. The van der Waals surface area contributed by atoms with Crippen LogP contribution in [0, 0.1) is 5.92 Å². The van der Waals surface area contributed by atoms with E-state index in [1.807, 2.05) is 30.3 Å². The van der Waals surface area contributed by atoms with E-state index >= 15 is 0 Å². The van der Waals surface area contributed by atoms with Crippen LogP contribution in [0.1, 0.15) is 25.8 Å². The lowest BCUT2D eigenvalue weighted by atomic mass is 10.1. The summed E-state index contributed by atoms with van der Waals surface area (Å²) in [7, 11) is 0.908. The molecular formula is C16H28IN3OS. The molecule has 0 fully saturated rings. The molecule has 0 radical (unpaired) electrons. The van der Waals surface area contributed by atoms with E-state index in [-0.39, 0.29) is 24.0 Å². The Hall–Kier alpha value is -0.630. The van der Waals surface area contributed by atoms with Crippen LogP contribution in [0.4, 0.5) is 0 Å². The molecule has 0 heterocycles. The SMILES string of the molecule is CN=C(NCCC(C)C)NCCS(=O)Cc1ccccc1.I.